The Bertz CT molecular complexity index is 196. The maximum atomic E-state index is 10.7. The lowest BCUT2D eigenvalue weighted by Crippen LogP contribution is -2.47. The van der Waals surface area contributed by atoms with Gasteiger partial charge >= 0.3 is 5.97 Å². The standard InChI is InChI=1S/C11H21NO3/c1-15-8-4-2-3-7-12-10-6-5-9(10)11(13)14/h9-10,12H,2-8H2,1H3,(H,13,14). The second kappa shape index (κ2) is 6.80. The van der Waals surface area contributed by atoms with Crippen LogP contribution in [0.2, 0.25) is 0 Å². The van der Waals surface area contributed by atoms with Crippen LogP contribution in [0.3, 0.4) is 0 Å². The highest BCUT2D eigenvalue weighted by Crippen LogP contribution is 2.27. The molecule has 0 radical (unpaired) electrons. The number of ether oxygens (including phenoxy) is 1. The van der Waals surface area contributed by atoms with Crippen molar-refractivity contribution in [2.45, 2.75) is 38.1 Å². The van der Waals surface area contributed by atoms with Crippen LogP contribution < -0.4 is 5.32 Å². The zero-order valence-corrected chi connectivity index (χ0v) is 9.37. The van der Waals surface area contributed by atoms with Gasteiger partial charge in [-0.1, -0.05) is 0 Å². The van der Waals surface area contributed by atoms with E-state index < -0.39 is 5.97 Å². The van der Waals surface area contributed by atoms with Crippen molar-refractivity contribution in [2.75, 3.05) is 20.3 Å². The molecule has 0 aliphatic heterocycles. The minimum absolute atomic E-state index is 0.149. The zero-order valence-electron chi connectivity index (χ0n) is 9.37. The second-order valence-electron chi connectivity index (χ2n) is 4.14. The lowest BCUT2D eigenvalue weighted by molar-refractivity contribution is -0.146. The van der Waals surface area contributed by atoms with Crippen LogP contribution in [0.4, 0.5) is 0 Å². The summed E-state index contributed by atoms with van der Waals surface area (Å²) in [7, 11) is 1.71. The fraction of sp³-hybridized carbons (Fsp3) is 0.909. The van der Waals surface area contributed by atoms with Gasteiger partial charge in [0.1, 0.15) is 0 Å². The molecule has 1 aliphatic rings. The second-order valence-corrected chi connectivity index (χ2v) is 4.14. The van der Waals surface area contributed by atoms with E-state index in [1.165, 1.54) is 0 Å². The number of aliphatic carboxylic acids is 1. The first-order valence-corrected chi connectivity index (χ1v) is 5.71. The third-order valence-corrected chi connectivity index (χ3v) is 3.02. The van der Waals surface area contributed by atoms with Crippen molar-refractivity contribution in [3.05, 3.63) is 0 Å². The molecule has 0 aromatic rings. The normalized spacial score (nSPS) is 24.9. The van der Waals surface area contributed by atoms with Crippen LogP contribution in [-0.4, -0.2) is 37.4 Å². The molecule has 1 rings (SSSR count). The Hall–Kier alpha value is -0.610. The number of nitrogens with one attached hydrogen (secondary N) is 1. The topological polar surface area (TPSA) is 58.6 Å². The summed E-state index contributed by atoms with van der Waals surface area (Å²) in [6.45, 7) is 1.75. The van der Waals surface area contributed by atoms with Crippen molar-refractivity contribution in [1.29, 1.82) is 0 Å². The predicted molar refractivity (Wildman–Crippen MR) is 57.9 cm³/mol. The van der Waals surface area contributed by atoms with Crippen LogP contribution in [0, 0.1) is 5.92 Å². The van der Waals surface area contributed by atoms with Crippen molar-refractivity contribution in [3.63, 3.8) is 0 Å². The third-order valence-electron chi connectivity index (χ3n) is 3.02. The highest BCUT2D eigenvalue weighted by molar-refractivity contribution is 5.72. The number of rotatable bonds is 8. The van der Waals surface area contributed by atoms with Crippen molar-refractivity contribution in [3.8, 4) is 0 Å². The number of hydrogen-bond donors (Lipinski definition) is 2. The van der Waals surface area contributed by atoms with Gasteiger partial charge in [-0.2, -0.15) is 0 Å². The minimum atomic E-state index is -0.655. The van der Waals surface area contributed by atoms with Gasteiger partial charge in [0.15, 0.2) is 0 Å². The lowest BCUT2D eigenvalue weighted by atomic mass is 9.79. The summed E-state index contributed by atoms with van der Waals surface area (Å²) in [4.78, 5) is 10.7. The summed E-state index contributed by atoms with van der Waals surface area (Å²) in [6, 6.07) is 0.213. The van der Waals surface area contributed by atoms with Crippen LogP contribution in [0.25, 0.3) is 0 Å². The monoisotopic (exact) mass is 215 g/mol. The van der Waals surface area contributed by atoms with Crippen LogP contribution in [-0.2, 0) is 9.53 Å². The molecule has 88 valence electrons. The van der Waals surface area contributed by atoms with Gasteiger partial charge in [0.25, 0.3) is 0 Å². The smallest absolute Gasteiger partial charge is 0.308 e. The van der Waals surface area contributed by atoms with E-state index >= 15 is 0 Å². The van der Waals surface area contributed by atoms with Gasteiger partial charge in [-0.05, 0) is 38.6 Å². The van der Waals surface area contributed by atoms with E-state index in [4.69, 9.17) is 9.84 Å². The molecule has 4 nitrogen and oxygen atoms in total. The van der Waals surface area contributed by atoms with E-state index in [2.05, 4.69) is 5.32 Å². The molecule has 2 atom stereocenters. The lowest BCUT2D eigenvalue weighted by Gasteiger charge is -2.34. The number of hydrogen-bond acceptors (Lipinski definition) is 3. The summed E-state index contributed by atoms with van der Waals surface area (Å²) in [5.41, 5.74) is 0. The predicted octanol–water partition coefficient (Wildman–Crippen LogP) is 1.26. The van der Waals surface area contributed by atoms with Crippen molar-refractivity contribution in [2.24, 2.45) is 5.92 Å². The Kier molecular flexibility index (Phi) is 5.65. The Labute approximate surface area is 91.0 Å². The fourth-order valence-electron chi connectivity index (χ4n) is 1.88. The number of methoxy groups -OCH3 is 1. The summed E-state index contributed by atoms with van der Waals surface area (Å²) in [5.74, 6) is -0.804. The average Bonchev–Trinajstić information content (AvgIpc) is 2.13. The molecule has 0 bridgehead atoms. The van der Waals surface area contributed by atoms with Gasteiger partial charge < -0.3 is 15.2 Å². The molecule has 1 saturated carbocycles. The number of carboxylic acid groups (broad SMARTS) is 1. The van der Waals surface area contributed by atoms with Crippen LogP contribution in [0.15, 0.2) is 0 Å². The molecular formula is C11H21NO3. The highest BCUT2D eigenvalue weighted by atomic mass is 16.5. The first kappa shape index (κ1) is 12.5. The fourth-order valence-corrected chi connectivity index (χ4v) is 1.88. The molecule has 0 saturated heterocycles. The van der Waals surface area contributed by atoms with Crippen molar-refractivity contribution in [1.82, 2.24) is 5.32 Å². The van der Waals surface area contributed by atoms with Crippen molar-refractivity contribution < 1.29 is 14.6 Å². The molecule has 0 spiro atoms. The first-order valence-electron chi connectivity index (χ1n) is 5.71. The molecule has 4 heteroatoms. The Balaban J connectivity index is 1.94. The Morgan fingerprint density at radius 1 is 1.40 bits per heavy atom. The summed E-state index contributed by atoms with van der Waals surface area (Å²) in [6.07, 6.45) is 5.18. The Morgan fingerprint density at radius 3 is 2.73 bits per heavy atom. The molecule has 1 fully saturated rings. The van der Waals surface area contributed by atoms with Gasteiger partial charge in [0, 0.05) is 19.8 Å². The number of unbranched alkanes of at least 4 members (excludes halogenated alkanes) is 2. The van der Waals surface area contributed by atoms with E-state index in [-0.39, 0.29) is 12.0 Å². The molecule has 0 heterocycles. The summed E-state index contributed by atoms with van der Waals surface area (Å²) < 4.78 is 4.95. The number of carbonyl (C=O) groups is 1. The minimum Gasteiger partial charge on any atom is -0.481 e. The molecule has 0 aromatic heterocycles. The van der Waals surface area contributed by atoms with Gasteiger partial charge in [-0.25, -0.2) is 0 Å². The summed E-state index contributed by atoms with van der Waals surface area (Å²) >= 11 is 0. The number of carboxylic acids is 1. The third kappa shape index (κ3) is 4.18. The molecule has 2 N–H and O–H groups in total. The first-order chi connectivity index (χ1) is 7.25. The van der Waals surface area contributed by atoms with Gasteiger partial charge in [-0.15, -0.1) is 0 Å². The van der Waals surface area contributed by atoms with E-state index in [0.717, 1.165) is 45.3 Å². The van der Waals surface area contributed by atoms with Gasteiger partial charge in [-0.3, -0.25) is 4.79 Å². The molecule has 1 aliphatic carbocycles. The van der Waals surface area contributed by atoms with E-state index in [9.17, 15) is 4.79 Å². The van der Waals surface area contributed by atoms with E-state index in [1.54, 1.807) is 7.11 Å². The largest absolute Gasteiger partial charge is 0.481 e. The zero-order chi connectivity index (χ0) is 11.1. The molecule has 2 unspecified atom stereocenters. The highest BCUT2D eigenvalue weighted by Gasteiger charge is 2.35. The van der Waals surface area contributed by atoms with Gasteiger partial charge in [0.05, 0.1) is 5.92 Å². The maximum Gasteiger partial charge on any atom is 0.308 e. The van der Waals surface area contributed by atoms with Crippen LogP contribution in [0.1, 0.15) is 32.1 Å². The van der Waals surface area contributed by atoms with E-state index in [0.29, 0.717) is 0 Å². The molecule has 0 amide bonds. The molecule has 15 heavy (non-hydrogen) atoms. The molecular weight excluding hydrogens is 194 g/mol. The SMILES string of the molecule is COCCCCCNC1CCC1C(=O)O. The Morgan fingerprint density at radius 2 is 2.20 bits per heavy atom. The average molecular weight is 215 g/mol. The van der Waals surface area contributed by atoms with Crippen molar-refractivity contribution >= 4 is 5.97 Å². The maximum absolute atomic E-state index is 10.7. The van der Waals surface area contributed by atoms with Crippen LogP contribution >= 0.6 is 0 Å². The van der Waals surface area contributed by atoms with Crippen LogP contribution in [0.5, 0.6) is 0 Å². The van der Waals surface area contributed by atoms with Gasteiger partial charge in [0.2, 0.25) is 0 Å². The van der Waals surface area contributed by atoms with E-state index in [1.807, 2.05) is 0 Å². The summed E-state index contributed by atoms with van der Waals surface area (Å²) in [5, 5.41) is 12.1. The molecule has 0 aromatic carbocycles. The quantitative estimate of drug-likeness (QED) is 0.598.